The average Bonchev–Trinajstić information content (AvgIpc) is 1.61. The number of hydrogen-bond donors (Lipinski definition) is 0. The van der Waals surface area contributed by atoms with Crippen LogP contribution in [-0.2, 0) is 101 Å². The number of aryl methyl sites for hydroxylation is 7. The van der Waals surface area contributed by atoms with Crippen molar-refractivity contribution in [1.29, 1.82) is 0 Å². The molecule has 0 aliphatic carbocycles. The van der Waals surface area contributed by atoms with Crippen molar-refractivity contribution < 1.29 is 101 Å². The molecule has 0 atom stereocenters. The minimum Gasteiger partial charge on any atom is -0.339 e. The maximum Gasteiger partial charge on any atom is 0.0692 e. The first-order valence-corrected chi connectivity index (χ1v) is 47.6. The number of hydrogen-bond acceptors (Lipinski definition) is 15. The summed E-state index contributed by atoms with van der Waals surface area (Å²) in [5.74, 6) is 5.37. The molecule has 136 heavy (non-hydrogen) atoms. The Balaban J connectivity index is 0.000000136. The molecule has 13 aromatic carbocycles. The molecule has 0 saturated carbocycles. The summed E-state index contributed by atoms with van der Waals surface area (Å²) in [7, 11) is 0. The van der Waals surface area contributed by atoms with Crippen LogP contribution in [0.25, 0.3) is 170 Å². The molecule has 10 aromatic heterocycles. The molecule has 23 rings (SSSR count). The van der Waals surface area contributed by atoms with Crippen molar-refractivity contribution in [1.82, 2.24) is 72.7 Å². The number of thiazole rings is 5. The average molecular weight is 2750 g/mol. The summed E-state index contributed by atoms with van der Waals surface area (Å²) in [4.78, 5) is 45.5. The monoisotopic (exact) mass is 2760 g/mol. The largest absolute Gasteiger partial charge is 0.339 e. The standard InChI is InChI=1S/C28H18N3S.C24H18N3S.C22H22N3S.C19H16N3S.C18H14N3S.5Ir/c1-3-9-20(10-4-1)22-13-7-14-23(21-11-5-2-6-12-21)26(22)31-18-17-29-28(31)24-15-8-16-25-27(24)32-19-30-25;1-16-13-19(18-7-4-3-5-8-18)14-17(2)22(16)27-12-11-25-24(27)20-9-6-10-21-23(20)28-15-26-21;1-14(2)16-7-5-8-17(15(3)4)20(16)25-12-11-23-22(25)18-9-6-10-19-21(18)26-13-24-19;1-12-9-13(2)17(14(3)10-12)22-8-7-20-19(22)15-5-4-6-16-18(15)23-11-21-16;1-12-5-3-6-13(2)16(12)21-10-9-19-18(21)14-7-4-8-15-17(14)22-11-20-15;;;;;/h1-14,16-19H;3-8,10-15H,1-2H3;5-8,10-15H,1-4H3;4,6-11H,1-3H3;3-6,8-11H,1-2H3;;;;;/q5*-1;;;;;. The molecule has 0 N–H and O–H groups in total. The van der Waals surface area contributed by atoms with Gasteiger partial charge in [0.05, 0.1) is 62.4 Å². The van der Waals surface area contributed by atoms with Gasteiger partial charge in [-0.2, -0.15) is 56.7 Å². The van der Waals surface area contributed by atoms with E-state index in [9.17, 15) is 0 Å². The van der Waals surface area contributed by atoms with Crippen LogP contribution in [0.2, 0.25) is 0 Å². The molecule has 15 nitrogen and oxygen atoms in total. The number of imidazole rings is 5. The van der Waals surface area contributed by atoms with Gasteiger partial charge in [0.15, 0.2) is 0 Å². The van der Waals surface area contributed by atoms with Crippen molar-refractivity contribution in [3.05, 3.63) is 400 Å². The fourth-order valence-corrected chi connectivity index (χ4v) is 21.4. The second-order valence-electron chi connectivity index (χ2n) is 32.5. The maximum absolute atomic E-state index is 4.77. The number of benzene rings is 13. The third-order valence-electron chi connectivity index (χ3n) is 23.2. The topological polar surface area (TPSA) is 154 Å². The van der Waals surface area contributed by atoms with E-state index in [0.29, 0.717) is 11.8 Å². The molecule has 23 aromatic rings. The van der Waals surface area contributed by atoms with Crippen molar-refractivity contribution in [3.8, 4) is 119 Å². The third kappa shape index (κ3) is 20.6. The summed E-state index contributed by atoms with van der Waals surface area (Å²) >= 11 is 8.15. The van der Waals surface area contributed by atoms with Crippen LogP contribution in [0.15, 0.2) is 320 Å². The quantitative estimate of drug-likeness (QED) is 0.0906. The summed E-state index contributed by atoms with van der Waals surface area (Å²) in [5, 5.41) is 0. The van der Waals surface area contributed by atoms with Crippen LogP contribution in [0.3, 0.4) is 0 Å². The summed E-state index contributed by atoms with van der Waals surface area (Å²) in [6.07, 6.45) is 19.5. The van der Waals surface area contributed by atoms with Gasteiger partial charge in [0, 0.05) is 196 Å². The van der Waals surface area contributed by atoms with Gasteiger partial charge >= 0.3 is 0 Å². The van der Waals surface area contributed by atoms with E-state index in [4.69, 9.17) is 9.97 Å². The van der Waals surface area contributed by atoms with Crippen LogP contribution >= 0.6 is 56.7 Å². The minimum atomic E-state index is 0. The minimum absolute atomic E-state index is 0. The summed E-state index contributed by atoms with van der Waals surface area (Å²) < 4.78 is 16.5. The van der Waals surface area contributed by atoms with E-state index >= 15 is 0 Å². The van der Waals surface area contributed by atoms with E-state index < -0.39 is 0 Å². The third-order valence-corrected chi connectivity index (χ3v) is 27.5. The molecule has 0 amide bonds. The zero-order chi connectivity index (χ0) is 89.8. The van der Waals surface area contributed by atoms with Gasteiger partial charge in [0.2, 0.25) is 0 Å². The molecule has 5 radical (unpaired) electrons. The Bertz CT molecular complexity index is 7870. The Morgan fingerprint density at radius 1 is 0.243 bits per heavy atom. The first-order valence-electron chi connectivity index (χ1n) is 43.2. The molecule has 0 saturated heterocycles. The van der Waals surface area contributed by atoms with E-state index in [2.05, 4.69) is 327 Å². The molecule has 0 spiro atoms. The Labute approximate surface area is 878 Å². The molecular formula is C111H88Ir5N15S5-5. The smallest absolute Gasteiger partial charge is 0.0692 e. The molecule has 0 aliphatic rings. The number of aromatic nitrogens is 15. The van der Waals surface area contributed by atoms with E-state index in [1.807, 2.05) is 162 Å². The van der Waals surface area contributed by atoms with Crippen LogP contribution in [0, 0.1) is 78.8 Å². The molecule has 0 fully saturated rings. The van der Waals surface area contributed by atoms with Gasteiger partial charge in [-0.15, -0.1) is 91.0 Å². The fraction of sp³-hybridized carbons (Fsp3) is 0.117. The van der Waals surface area contributed by atoms with Gasteiger partial charge < -0.3 is 22.8 Å². The molecule has 25 heteroatoms. The van der Waals surface area contributed by atoms with Crippen molar-refractivity contribution in [2.75, 3.05) is 0 Å². The van der Waals surface area contributed by atoms with Gasteiger partial charge in [-0.25, -0.2) is 0 Å². The first kappa shape index (κ1) is 101. The predicted octanol–water partition coefficient (Wildman–Crippen LogP) is 29.1. The van der Waals surface area contributed by atoms with E-state index in [1.165, 1.54) is 95.1 Å². The van der Waals surface area contributed by atoms with Crippen LogP contribution in [-0.4, -0.2) is 72.7 Å². The fourth-order valence-electron chi connectivity index (χ4n) is 17.5. The molecule has 0 unspecified atom stereocenters. The van der Waals surface area contributed by atoms with Crippen molar-refractivity contribution >= 4 is 108 Å². The number of para-hydroxylation sites is 3. The second kappa shape index (κ2) is 45.3. The molecule has 687 valence electrons. The van der Waals surface area contributed by atoms with Gasteiger partial charge in [0.1, 0.15) is 0 Å². The van der Waals surface area contributed by atoms with Gasteiger partial charge in [-0.05, 0) is 190 Å². The second-order valence-corrected chi connectivity index (χ2v) is 36.8. The van der Waals surface area contributed by atoms with E-state index in [1.54, 1.807) is 56.7 Å². The van der Waals surface area contributed by atoms with E-state index in [-0.39, 0.29) is 101 Å². The molecular weight excluding hydrogens is 2660 g/mol. The maximum atomic E-state index is 4.77. The van der Waals surface area contributed by atoms with Crippen LogP contribution < -0.4 is 0 Å². The summed E-state index contributed by atoms with van der Waals surface area (Å²) in [5.41, 5.74) is 43.7. The Morgan fingerprint density at radius 3 is 0.801 bits per heavy atom. The van der Waals surface area contributed by atoms with Crippen LogP contribution in [0.1, 0.15) is 89.6 Å². The predicted molar refractivity (Wildman–Crippen MR) is 543 cm³/mol. The number of fused-ring (bicyclic) bond motifs is 5. The molecule has 0 bridgehead atoms. The summed E-state index contributed by atoms with van der Waals surface area (Å²) in [6, 6.07) is 96.4. The SMILES string of the molecule is CC(C)c1cccc(C(C)C)c1-n1ccnc1-c1[c-]ccc2ncsc12.Cc1cc(-c2ccccc2)cc(C)c1-n1ccnc1-c1[c-]ccc2ncsc12.Cc1cc(C)c(-n2ccnc2-c2[c-]ccc3ncsc23)c(C)c1.Cc1cccc(C)c1-n1ccnc1-c1[c-]ccc2ncsc12.[Ir].[Ir].[Ir].[Ir].[Ir].[c-]1ccc2ncsc2c1-c1nccn1-c1c(-c2ccccc2)cccc1-c1ccccc1. The zero-order valence-electron chi connectivity index (χ0n) is 75.7. The first-order chi connectivity index (χ1) is 64.1. The van der Waals surface area contributed by atoms with Crippen molar-refractivity contribution in [3.63, 3.8) is 0 Å². The number of rotatable bonds is 15. The summed E-state index contributed by atoms with van der Waals surface area (Å²) in [6.45, 7) is 24.0. The van der Waals surface area contributed by atoms with Crippen LogP contribution in [0.5, 0.6) is 0 Å². The zero-order valence-corrected chi connectivity index (χ0v) is 91.7. The van der Waals surface area contributed by atoms with Crippen molar-refractivity contribution in [2.45, 2.75) is 88.0 Å². The molecule has 10 heterocycles. The number of nitrogens with zero attached hydrogens (tertiary/aromatic N) is 15. The van der Waals surface area contributed by atoms with Crippen molar-refractivity contribution in [2.24, 2.45) is 0 Å². The van der Waals surface area contributed by atoms with Gasteiger partial charge in [-0.1, -0.05) is 219 Å². The van der Waals surface area contributed by atoms with E-state index in [0.717, 1.165) is 125 Å². The molecule has 0 aliphatic heterocycles. The van der Waals surface area contributed by atoms with Crippen LogP contribution in [0.4, 0.5) is 0 Å². The normalized spacial score (nSPS) is 10.9. The van der Waals surface area contributed by atoms with Gasteiger partial charge in [0.25, 0.3) is 0 Å². The Morgan fingerprint density at radius 2 is 0.500 bits per heavy atom. The van der Waals surface area contributed by atoms with Gasteiger partial charge in [-0.3, -0.25) is 49.8 Å². The Hall–Kier alpha value is -11.4. The Kier molecular flexibility index (Phi) is 33.5.